The molecule has 0 aliphatic carbocycles. The lowest BCUT2D eigenvalue weighted by Gasteiger charge is -2.25. The molecule has 1 heterocycles. The van der Waals surface area contributed by atoms with Crippen LogP contribution in [-0.4, -0.2) is 11.5 Å². The second-order valence-corrected chi connectivity index (χ2v) is 7.02. The summed E-state index contributed by atoms with van der Waals surface area (Å²) in [5.74, 6) is 0. The van der Waals surface area contributed by atoms with E-state index in [0.29, 0.717) is 4.99 Å². The van der Waals surface area contributed by atoms with Gasteiger partial charge in [-0.3, -0.25) is 0 Å². The van der Waals surface area contributed by atoms with E-state index in [1.807, 2.05) is 12.1 Å². The molecule has 1 aromatic heterocycles. The summed E-state index contributed by atoms with van der Waals surface area (Å²) in [4.78, 5) is 1.80. The molecule has 2 rings (SSSR count). The van der Waals surface area contributed by atoms with Gasteiger partial charge in [0.1, 0.15) is 4.99 Å². The van der Waals surface area contributed by atoms with Crippen molar-refractivity contribution in [1.29, 1.82) is 0 Å². The Morgan fingerprint density at radius 1 is 1.35 bits per heavy atom. The van der Waals surface area contributed by atoms with E-state index in [-0.39, 0.29) is 5.41 Å². The van der Waals surface area contributed by atoms with Gasteiger partial charge in [0.2, 0.25) is 0 Å². The van der Waals surface area contributed by atoms with Crippen LogP contribution in [0.5, 0.6) is 0 Å². The van der Waals surface area contributed by atoms with Crippen molar-refractivity contribution in [3.05, 3.63) is 51.7 Å². The van der Waals surface area contributed by atoms with E-state index in [9.17, 15) is 0 Å². The number of benzene rings is 1. The molecule has 1 aromatic carbocycles. The summed E-state index contributed by atoms with van der Waals surface area (Å²) in [6.07, 6.45) is 0. The minimum atomic E-state index is 0.0748. The summed E-state index contributed by atoms with van der Waals surface area (Å²) in [5.41, 5.74) is 8.99. The van der Waals surface area contributed by atoms with Crippen LogP contribution in [0.2, 0.25) is 0 Å². The molecule has 2 aromatic rings. The Morgan fingerprint density at radius 3 is 2.70 bits per heavy atom. The number of anilines is 1. The molecule has 0 saturated carbocycles. The fourth-order valence-electron chi connectivity index (χ4n) is 2.09. The molecule has 0 unspecified atom stereocenters. The third-order valence-corrected chi connectivity index (χ3v) is 4.81. The largest absolute Gasteiger partial charge is 0.389 e. The highest BCUT2D eigenvalue weighted by molar-refractivity contribution is 7.80. The number of nitrogens with one attached hydrogen (secondary N) is 1. The van der Waals surface area contributed by atoms with Crippen LogP contribution in [0.25, 0.3) is 0 Å². The summed E-state index contributed by atoms with van der Waals surface area (Å²) in [7, 11) is 0. The Balaban J connectivity index is 2.19. The number of hydrogen-bond acceptors (Lipinski definition) is 3. The lowest BCUT2D eigenvalue weighted by atomic mass is 9.91. The first-order valence-electron chi connectivity index (χ1n) is 6.58. The van der Waals surface area contributed by atoms with Gasteiger partial charge in [0, 0.05) is 28.1 Å². The second kappa shape index (κ2) is 5.94. The molecule has 106 valence electrons. The zero-order valence-corrected chi connectivity index (χ0v) is 13.7. The molecule has 3 N–H and O–H groups in total. The number of aryl methyl sites for hydroxylation is 1. The SMILES string of the molecule is Cc1ccc(C(N)=S)c(NCC(C)(C)c2cccs2)c1. The molecular weight excluding hydrogens is 284 g/mol. The van der Waals surface area contributed by atoms with E-state index in [1.54, 1.807) is 11.3 Å². The molecule has 0 atom stereocenters. The van der Waals surface area contributed by atoms with Crippen molar-refractivity contribution in [2.75, 3.05) is 11.9 Å². The quantitative estimate of drug-likeness (QED) is 0.817. The summed E-state index contributed by atoms with van der Waals surface area (Å²) < 4.78 is 0. The van der Waals surface area contributed by atoms with Gasteiger partial charge in [0.05, 0.1) is 0 Å². The van der Waals surface area contributed by atoms with Crippen LogP contribution in [0.3, 0.4) is 0 Å². The summed E-state index contributed by atoms with van der Waals surface area (Å²) in [5, 5.41) is 5.62. The van der Waals surface area contributed by atoms with Crippen molar-refractivity contribution in [1.82, 2.24) is 0 Å². The maximum Gasteiger partial charge on any atom is 0.106 e. The van der Waals surface area contributed by atoms with Crippen LogP contribution < -0.4 is 11.1 Å². The topological polar surface area (TPSA) is 38.0 Å². The van der Waals surface area contributed by atoms with E-state index in [2.05, 4.69) is 49.7 Å². The first-order valence-corrected chi connectivity index (χ1v) is 7.87. The monoisotopic (exact) mass is 304 g/mol. The Labute approximate surface area is 130 Å². The van der Waals surface area contributed by atoms with Gasteiger partial charge in [-0.1, -0.05) is 38.2 Å². The Kier molecular flexibility index (Phi) is 4.45. The standard InChI is InChI=1S/C16H20N2S2/c1-11-6-7-12(15(17)19)13(9-11)18-10-16(2,3)14-5-4-8-20-14/h4-9,18H,10H2,1-3H3,(H2,17,19). The smallest absolute Gasteiger partial charge is 0.106 e. The van der Waals surface area contributed by atoms with Crippen LogP contribution in [0.4, 0.5) is 5.69 Å². The molecule has 0 bridgehead atoms. The molecule has 0 saturated heterocycles. The summed E-state index contributed by atoms with van der Waals surface area (Å²) in [6, 6.07) is 10.4. The van der Waals surface area contributed by atoms with Crippen molar-refractivity contribution in [2.45, 2.75) is 26.2 Å². The molecule has 20 heavy (non-hydrogen) atoms. The van der Waals surface area contributed by atoms with Crippen LogP contribution in [0.1, 0.15) is 29.9 Å². The molecule has 0 aliphatic rings. The minimum Gasteiger partial charge on any atom is -0.389 e. The number of rotatable bonds is 5. The van der Waals surface area contributed by atoms with Gasteiger partial charge in [-0.15, -0.1) is 11.3 Å². The van der Waals surface area contributed by atoms with Gasteiger partial charge in [-0.2, -0.15) is 0 Å². The summed E-state index contributed by atoms with van der Waals surface area (Å²) >= 11 is 6.91. The minimum absolute atomic E-state index is 0.0748. The van der Waals surface area contributed by atoms with E-state index in [4.69, 9.17) is 18.0 Å². The van der Waals surface area contributed by atoms with Crippen molar-refractivity contribution in [2.24, 2.45) is 5.73 Å². The number of nitrogens with two attached hydrogens (primary N) is 1. The molecule has 0 aliphatic heterocycles. The van der Waals surface area contributed by atoms with Crippen molar-refractivity contribution < 1.29 is 0 Å². The van der Waals surface area contributed by atoms with Crippen molar-refractivity contribution in [3.63, 3.8) is 0 Å². The van der Waals surface area contributed by atoms with Crippen LogP contribution in [0, 0.1) is 6.92 Å². The molecule has 0 spiro atoms. The average Bonchev–Trinajstić information content (AvgIpc) is 2.90. The van der Waals surface area contributed by atoms with Crippen LogP contribution in [-0.2, 0) is 5.41 Å². The van der Waals surface area contributed by atoms with E-state index < -0.39 is 0 Å². The van der Waals surface area contributed by atoms with E-state index in [1.165, 1.54) is 10.4 Å². The molecular formula is C16H20N2S2. The van der Waals surface area contributed by atoms with Crippen molar-refractivity contribution >= 4 is 34.2 Å². The van der Waals surface area contributed by atoms with Gasteiger partial charge in [-0.05, 0) is 36.1 Å². The maximum absolute atomic E-state index is 5.79. The predicted octanol–water partition coefficient (Wildman–Crippen LogP) is 4.08. The predicted molar refractivity (Wildman–Crippen MR) is 92.9 cm³/mol. The lowest BCUT2D eigenvalue weighted by Crippen LogP contribution is -2.27. The van der Waals surface area contributed by atoms with Gasteiger partial charge < -0.3 is 11.1 Å². The molecule has 0 fully saturated rings. The highest BCUT2D eigenvalue weighted by Crippen LogP contribution is 2.28. The Morgan fingerprint density at radius 2 is 2.10 bits per heavy atom. The fraction of sp³-hybridized carbons (Fsp3) is 0.312. The summed E-state index contributed by atoms with van der Waals surface area (Å²) in [6.45, 7) is 7.38. The normalized spacial score (nSPS) is 11.3. The number of thiocarbonyl (C=S) groups is 1. The molecule has 0 radical (unpaired) electrons. The fourth-order valence-corrected chi connectivity index (χ4v) is 3.12. The third kappa shape index (κ3) is 3.38. The Bertz CT molecular complexity index is 601. The third-order valence-electron chi connectivity index (χ3n) is 3.35. The zero-order chi connectivity index (χ0) is 14.8. The molecule has 0 amide bonds. The number of thiophene rings is 1. The molecule has 2 nitrogen and oxygen atoms in total. The van der Waals surface area contributed by atoms with Gasteiger partial charge in [-0.25, -0.2) is 0 Å². The van der Waals surface area contributed by atoms with Crippen molar-refractivity contribution in [3.8, 4) is 0 Å². The Hall–Kier alpha value is -1.39. The molecule has 4 heteroatoms. The van der Waals surface area contributed by atoms with E-state index >= 15 is 0 Å². The van der Waals surface area contributed by atoms with Crippen LogP contribution in [0.15, 0.2) is 35.7 Å². The average molecular weight is 304 g/mol. The van der Waals surface area contributed by atoms with E-state index in [0.717, 1.165) is 17.8 Å². The first kappa shape index (κ1) is 15.0. The highest BCUT2D eigenvalue weighted by atomic mass is 32.1. The van der Waals surface area contributed by atoms with Gasteiger partial charge in [0.25, 0.3) is 0 Å². The lowest BCUT2D eigenvalue weighted by molar-refractivity contribution is 0.569. The number of hydrogen-bond donors (Lipinski definition) is 2. The van der Waals surface area contributed by atoms with Gasteiger partial charge in [0.15, 0.2) is 0 Å². The maximum atomic E-state index is 5.79. The first-order chi connectivity index (χ1) is 9.40. The second-order valence-electron chi connectivity index (χ2n) is 5.63. The highest BCUT2D eigenvalue weighted by Gasteiger charge is 2.21. The zero-order valence-electron chi connectivity index (χ0n) is 12.1. The van der Waals surface area contributed by atoms with Crippen LogP contribution >= 0.6 is 23.6 Å². The van der Waals surface area contributed by atoms with Gasteiger partial charge >= 0.3 is 0 Å².